The van der Waals surface area contributed by atoms with E-state index in [2.05, 4.69) is 20.3 Å². The molecule has 0 aliphatic heterocycles. The Morgan fingerprint density at radius 1 is 0.769 bits per heavy atom. The van der Waals surface area contributed by atoms with Crippen LogP contribution >= 0.6 is 0 Å². The van der Waals surface area contributed by atoms with Gasteiger partial charge in [0.05, 0.1) is 0 Å². The van der Waals surface area contributed by atoms with Gasteiger partial charge in [0.2, 0.25) is 0 Å². The van der Waals surface area contributed by atoms with Crippen LogP contribution in [-0.4, -0.2) is 0 Å². The number of hydrogen-bond acceptors (Lipinski definition) is 0. The zero-order chi connectivity index (χ0) is 9.52. The molecule has 0 atom stereocenters. The van der Waals surface area contributed by atoms with Gasteiger partial charge in [-0.05, 0) is 25.7 Å². The number of unbranched alkanes of at least 4 members (excludes halogenated alkanes) is 4. The minimum atomic E-state index is 1.33. The van der Waals surface area contributed by atoms with E-state index in [-0.39, 0.29) is 0 Å². The fraction of sp³-hybridized carbons (Fsp3) is 0.769. The molecule has 0 unspecified atom stereocenters. The van der Waals surface area contributed by atoms with Crippen molar-refractivity contribution in [3.8, 4) is 0 Å². The predicted molar refractivity (Wildman–Crippen MR) is 59.6 cm³/mol. The Hall–Kier alpha value is -0.260. The Morgan fingerprint density at radius 2 is 1.38 bits per heavy atom. The highest BCUT2D eigenvalue weighted by Crippen LogP contribution is 2.37. The first kappa shape index (κ1) is 10.8. The largest absolute Gasteiger partial charge is 0.0654 e. The minimum Gasteiger partial charge on any atom is -0.0654 e. The summed E-state index contributed by atoms with van der Waals surface area (Å²) in [4.78, 5) is 0. The number of allylic oxidation sites excluding steroid dienone is 2. The lowest BCUT2D eigenvalue weighted by Gasteiger charge is -1.94. The van der Waals surface area contributed by atoms with Crippen LogP contribution in [-0.2, 0) is 0 Å². The quantitative estimate of drug-likeness (QED) is 0.475. The van der Waals surface area contributed by atoms with E-state index in [1.165, 1.54) is 51.4 Å². The summed E-state index contributed by atoms with van der Waals surface area (Å²) >= 11 is 0. The van der Waals surface area contributed by atoms with E-state index in [0.717, 1.165) is 0 Å². The summed E-state index contributed by atoms with van der Waals surface area (Å²) in [5, 5.41) is 0. The van der Waals surface area contributed by atoms with E-state index in [4.69, 9.17) is 0 Å². The Bertz CT molecular complexity index is 165. The second kappa shape index (κ2) is 6.23. The molecular formula is C13H23. The van der Waals surface area contributed by atoms with Crippen LogP contribution in [0.2, 0.25) is 0 Å². The molecule has 0 heteroatoms. The van der Waals surface area contributed by atoms with Crippen molar-refractivity contribution >= 4 is 0 Å². The Labute approximate surface area is 83.4 Å². The molecule has 0 bridgehead atoms. The molecule has 1 radical (unpaired) electrons. The highest BCUT2D eigenvalue weighted by molar-refractivity contribution is 5.49. The van der Waals surface area contributed by atoms with Crippen LogP contribution in [0.1, 0.15) is 65.2 Å². The average Bonchev–Trinajstić information content (AvgIpc) is 2.88. The highest BCUT2D eigenvalue weighted by Gasteiger charge is 2.19. The molecule has 0 nitrogen and oxygen atoms in total. The average molecular weight is 179 g/mol. The molecule has 0 N–H and O–H groups in total. The third-order valence-corrected chi connectivity index (χ3v) is 2.78. The van der Waals surface area contributed by atoms with Gasteiger partial charge in [-0.1, -0.05) is 50.7 Å². The Balaban J connectivity index is 1.95. The molecule has 1 rings (SSSR count). The standard InChI is InChI=1S/C13H23/c1-3-5-7-8-10-13-11-12(13)9-6-4-2/h11H,3-10H2,1-2H3. The van der Waals surface area contributed by atoms with Crippen LogP contribution in [0.3, 0.4) is 0 Å². The fourth-order valence-corrected chi connectivity index (χ4v) is 1.75. The number of rotatable bonds is 8. The molecule has 0 aromatic carbocycles. The summed E-state index contributed by atoms with van der Waals surface area (Å²) in [7, 11) is 0. The lowest BCUT2D eigenvalue weighted by molar-refractivity contribution is 0.670. The maximum absolute atomic E-state index is 2.40. The van der Waals surface area contributed by atoms with Crippen LogP contribution in [0.4, 0.5) is 0 Å². The zero-order valence-electron chi connectivity index (χ0n) is 9.23. The van der Waals surface area contributed by atoms with Crippen molar-refractivity contribution in [3.63, 3.8) is 0 Å². The third kappa shape index (κ3) is 4.50. The Morgan fingerprint density at radius 3 is 2.00 bits per heavy atom. The molecule has 1 aliphatic rings. The summed E-state index contributed by atoms with van der Waals surface area (Å²) in [5.74, 6) is 0. The molecule has 0 amide bonds. The van der Waals surface area contributed by atoms with Crippen molar-refractivity contribution in [2.45, 2.75) is 65.2 Å². The van der Waals surface area contributed by atoms with Gasteiger partial charge in [0.1, 0.15) is 0 Å². The minimum absolute atomic E-state index is 1.33. The lowest BCUT2D eigenvalue weighted by atomic mass is 10.1. The van der Waals surface area contributed by atoms with E-state index in [1.54, 1.807) is 11.1 Å². The smallest absolute Gasteiger partial charge is 0.0116 e. The summed E-state index contributed by atoms with van der Waals surface area (Å²) in [5.41, 5.74) is 3.36. The van der Waals surface area contributed by atoms with E-state index in [0.29, 0.717) is 0 Å². The molecule has 0 aromatic heterocycles. The molecule has 0 spiro atoms. The van der Waals surface area contributed by atoms with Crippen molar-refractivity contribution in [1.29, 1.82) is 0 Å². The molecule has 0 saturated carbocycles. The zero-order valence-corrected chi connectivity index (χ0v) is 9.23. The summed E-state index contributed by atoms with van der Waals surface area (Å²) in [6.07, 6.45) is 13.4. The van der Waals surface area contributed by atoms with Crippen molar-refractivity contribution < 1.29 is 0 Å². The molecular weight excluding hydrogens is 156 g/mol. The molecule has 0 heterocycles. The highest BCUT2D eigenvalue weighted by atomic mass is 14.2. The molecule has 1 aliphatic carbocycles. The second-order valence-electron chi connectivity index (χ2n) is 4.11. The normalized spacial score (nSPS) is 15.2. The molecule has 75 valence electrons. The lowest BCUT2D eigenvalue weighted by Crippen LogP contribution is -1.74. The van der Waals surface area contributed by atoms with Crippen LogP contribution < -0.4 is 0 Å². The molecule has 0 fully saturated rings. The first-order chi connectivity index (χ1) is 6.38. The second-order valence-corrected chi connectivity index (χ2v) is 4.11. The summed E-state index contributed by atoms with van der Waals surface area (Å²) in [6, 6.07) is 0. The molecule has 0 saturated heterocycles. The van der Waals surface area contributed by atoms with Crippen LogP contribution in [0.25, 0.3) is 0 Å². The van der Waals surface area contributed by atoms with E-state index >= 15 is 0 Å². The van der Waals surface area contributed by atoms with Crippen LogP contribution in [0.5, 0.6) is 0 Å². The van der Waals surface area contributed by atoms with Gasteiger partial charge >= 0.3 is 0 Å². The van der Waals surface area contributed by atoms with Gasteiger partial charge in [-0.15, -0.1) is 0 Å². The fourth-order valence-electron chi connectivity index (χ4n) is 1.75. The van der Waals surface area contributed by atoms with Gasteiger partial charge in [-0.3, -0.25) is 0 Å². The van der Waals surface area contributed by atoms with E-state index in [1.807, 2.05) is 0 Å². The van der Waals surface area contributed by atoms with Crippen LogP contribution in [0, 0.1) is 6.42 Å². The topological polar surface area (TPSA) is 0 Å². The SMILES string of the molecule is CCCCCCC1=C(CCCC)[CH]1. The van der Waals surface area contributed by atoms with Gasteiger partial charge < -0.3 is 0 Å². The molecule has 0 aromatic rings. The first-order valence-electron chi connectivity index (χ1n) is 5.95. The predicted octanol–water partition coefficient (Wildman–Crippen LogP) is 4.66. The van der Waals surface area contributed by atoms with Gasteiger partial charge in [-0.2, -0.15) is 0 Å². The van der Waals surface area contributed by atoms with E-state index < -0.39 is 0 Å². The van der Waals surface area contributed by atoms with Crippen LogP contribution in [0.15, 0.2) is 11.1 Å². The Kier molecular flexibility index (Phi) is 5.19. The van der Waals surface area contributed by atoms with Crippen molar-refractivity contribution in [3.05, 3.63) is 17.6 Å². The third-order valence-electron chi connectivity index (χ3n) is 2.78. The summed E-state index contributed by atoms with van der Waals surface area (Å²) in [6.45, 7) is 4.54. The van der Waals surface area contributed by atoms with Gasteiger partial charge in [0.25, 0.3) is 0 Å². The maximum Gasteiger partial charge on any atom is 0.0116 e. The van der Waals surface area contributed by atoms with Gasteiger partial charge in [0, 0.05) is 6.42 Å². The maximum atomic E-state index is 2.40. The van der Waals surface area contributed by atoms with Crippen molar-refractivity contribution in [2.75, 3.05) is 0 Å². The number of hydrogen-bond donors (Lipinski definition) is 0. The summed E-state index contributed by atoms with van der Waals surface area (Å²) < 4.78 is 0. The monoisotopic (exact) mass is 179 g/mol. The van der Waals surface area contributed by atoms with Crippen molar-refractivity contribution in [1.82, 2.24) is 0 Å². The van der Waals surface area contributed by atoms with Gasteiger partial charge in [-0.25, -0.2) is 0 Å². The molecule has 13 heavy (non-hydrogen) atoms. The van der Waals surface area contributed by atoms with Gasteiger partial charge in [0.15, 0.2) is 0 Å². The van der Waals surface area contributed by atoms with Crippen molar-refractivity contribution in [2.24, 2.45) is 0 Å². The van der Waals surface area contributed by atoms with E-state index in [9.17, 15) is 0 Å². The first-order valence-corrected chi connectivity index (χ1v) is 5.95.